The van der Waals surface area contributed by atoms with Gasteiger partial charge in [-0.3, -0.25) is 0 Å². The van der Waals surface area contributed by atoms with E-state index in [1.54, 1.807) is 0 Å². The lowest BCUT2D eigenvalue weighted by Gasteiger charge is -2.35. The average molecular weight is 150 g/mol. The molecule has 10 heavy (non-hydrogen) atoms. The fourth-order valence-electron chi connectivity index (χ4n) is 0.341. The predicted octanol–water partition coefficient (Wildman–Crippen LogP) is -1.53. The van der Waals surface area contributed by atoms with Gasteiger partial charge < -0.3 is 20.4 Å². The summed E-state index contributed by atoms with van der Waals surface area (Å²) in [7, 11) is 0. The van der Waals surface area contributed by atoms with E-state index < -0.39 is 24.4 Å². The molecule has 0 spiro atoms. The molecule has 0 radical (unpaired) electrons. The van der Waals surface area contributed by atoms with Gasteiger partial charge in [0, 0.05) is 0 Å². The molecule has 2 atom stereocenters. The van der Waals surface area contributed by atoms with Gasteiger partial charge in [0.15, 0.2) is 0 Å². The number of rotatable bonds is 3. The molecule has 0 aromatic heterocycles. The zero-order valence-corrected chi connectivity index (χ0v) is 6.20. The van der Waals surface area contributed by atoms with Gasteiger partial charge in [-0.2, -0.15) is 0 Å². The Morgan fingerprint density at radius 2 is 1.10 bits per heavy atom. The SMILES string of the molecule is CC(O)(CO)C(C)(O)CO. The minimum atomic E-state index is -1.65. The van der Waals surface area contributed by atoms with Crippen LogP contribution in [0.1, 0.15) is 13.8 Å². The van der Waals surface area contributed by atoms with Crippen molar-refractivity contribution in [1.82, 2.24) is 0 Å². The van der Waals surface area contributed by atoms with Crippen LogP contribution in [0.25, 0.3) is 0 Å². The molecule has 4 N–H and O–H groups in total. The van der Waals surface area contributed by atoms with Gasteiger partial charge >= 0.3 is 0 Å². The van der Waals surface area contributed by atoms with Gasteiger partial charge in [0.05, 0.1) is 13.2 Å². The molecule has 0 aliphatic rings. The predicted molar refractivity (Wildman–Crippen MR) is 35.4 cm³/mol. The Morgan fingerprint density at radius 3 is 1.20 bits per heavy atom. The minimum absolute atomic E-state index is 0.583. The van der Waals surface area contributed by atoms with E-state index in [4.69, 9.17) is 10.2 Å². The fraction of sp³-hybridized carbons (Fsp3) is 1.00. The first kappa shape index (κ1) is 9.84. The summed E-state index contributed by atoms with van der Waals surface area (Å²) in [4.78, 5) is 0. The lowest BCUT2D eigenvalue weighted by molar-refractivity contribution is -0.169. The lowest BCUT2D eigenvalue weighted by atomic mass is 9.87. The monoisotopic (exact) mass is 150 g/mol. The number of hydrogen-bond acceptors (Lipinski definition) is 4. The second kappa shape index (κ2) is 2.84. The normalized spacial score (nSPS) is 23.4. The quantitative estimate of drug-likeness (QED) is 0.393. The Balaban J connectivity index is 4.28. The molecule has 0 heterocycles. The third-order valence-electron chi connectivity index (χ3n) is 1.78. The van der Waals surface area contributed by atoms with Crippen molar-refractivity contribution in [3.63, 3.8) is 0 Å². The summed E-state index contributed by atoms with van der Waals surface area (Å²) >= 11 is 0. The van der Waals surface area contributed by atoms with Gasteiger partial charge in [0.1, 0.15) is 11.2 Å². The van der Waals surface area contributed by atoms with Crippen molar-refractivity contribution in [2.24, 2.45) is 0 Å². The molecule has 0 aromatic rings. The van der Waals surface area contributed by atoms with E-state index in [-0.39, 0.29) is 0 Å². The maximum atomic E-state index is 9.19. The minimum Gasteiger partial charge on any atom is -0.393 e. The number of aliphatic hydroxyl groups excluding tert-OH is 2. The van der Waals surface area contributed by atoms with Crippen molar-refractivity contribution in [3.8, 4) is 0 Å². The van der Waals surface area contributed by atoms with Gasteiger partial charge in [-0.1, -0.05) is 0 Å². The molecule has 0 aliphatic carbocycles. The van der Waals surface area contributed by atoms with Crippen LogP contribution in [0.5, 0.6) is 0 Å². The highest BCUT2D eigenvalue weighted by Gasteiger charge is 2.40. The summed E-state index contributed by atoms with van der Waals surface area (Å²) in [6, 6.07) is 0. The summed E-state index contributed by atoms with van der Waals surface area (Å²) in [5.41, 5.74) is -3.30. The largest absolute Gasteiger partial charge is 0.393 e. The van der Waals surface area contributed by atoms with E-state index in [2.05, 4.69) is 0 Å². The molecule has 0 rings (SSSR count). The molecule has 0 aromatic carbocycles. The van der Waals surface area contributed by atoms with E-state index in [1.165, 1.54) is 13.8 Å². The molecule has 2 unspecified atom stereocenters. The summed E-state index contributed by atoms with van der Waals surface area (Å²) < 4.78 is 0. The van der Waals surface area contributed by atoms with Crippen LogP contribution in [0.15, 0.2) is 0 Å². The molecular formula is C6H14O4. The maximum absolute atomic E-state index is 9.19. The maximum Gasteiger partial charge on any atom is 0.115 e. The molecule has 0 aliphatic heterocycles. The Morgan fingerprint density at radius 1 is 0.900 bits per heavy atom. The highest BCUT2D eigenvalue weighted by atomic mass is 16.4. The summed E-state index contributed by atoms with van der Waals surface area (Å²) in [5.74, 6) is 0. The number of hydrogen-bond donors (Lipinski definition) is 4. The molecule has 0 bridgehead atoms. The van der Waals surface area contributed by atoms with Crippen LogP contribution < -0.4 is 0 Å². The first-order valence-corrected chi connectivity index (χ1v) is 3.04. The smallest absolute Gasteiger partial charge is 0.115 e. The van der Waals surface area contributed by atoms with Crippen LogP contribution in [-0.4, -0.2) is 44.8 Å². The lowest BCUT2D eigenvalue weighted by Crippen LogP contribution is -2.54. The van der Waals surface area contributed by atoms with E-state index >= 15 is 0 Å². The Labute approximate surface area is 59.7 Å². The van der Waals surface area contributed by atoms with Crippen molar-refractivity contribution >= 4 is 0 Å². The third-order valence-corrected chi connectivity index (χ3v) is 1.78. The third kappa shape index (κ3) is 1.67. The topological polar surface area (TPSA) is 80.9 Å². The molecule has 0 amide bonds. The first-order chi connectivity index (χ1) is 4.37. The van der Waals surface area contributed by atoms with Crippen molar-refractivity contribution in [2.75, 3.05) is 13.2 Å². The zero-order valence-electron chi connectivity index (χ0n) is 6.20. The van der Waals surface area contributed by atoms with Crippen LogP contribution in [0.3, 0.4) is 0 Å². The van der Waals surface area contributed by atoms with Crippen molar-refractivity contribution in [2.45, 2.75) is 25.0 Å². The first-order valence-electron chi connectivity index (χ1n) is 3.04. The Hall–Kier alpha value is -0.160. The Bertz CT molecular complexity index is 94.3. The van der Waals surface area contributed by atoms with E-state index in [0.717, 1.165) is 0 Å². The summed E-state index contributed by atoms with van der Waals surface area (Å²) in [6.07, 6.45) is 0. The van der Waals surface area contributed by atoms with Crippen LogP contribution in [-0.2, 0) is 0 Å². The van der Waals surface area contributed by atoms with E-state index in [0.29, 0.717) is 0 Å². The standard InChI is InChI=1S/C6H14O4/c1-5(9,3-7)6(2,10)4-8/h7-10H,3-4H2,1-2H3. The molecule has 0 saturated carbocycles. The van der Waals surface area contributed by atoms with Crippen LogP contribution in [0, 0.1) is 0 Å². The van der Waals surface area contributed by atoms with E-state index in [1.807, 2.05) is 0 Å². The highest BCUT2D eigenvalue weighted by molar-refractivity contribution is 4.92. The second-order valence-electron chi connectivity index (χ2n) is 2.86. The van der Waals surface area contributed by atoms with Crippen LogP contribution in [0.2, 0.25) is 0 Å². The fourth-order valence-corrected chi connectivity index (χ4v) is 0.341. The van der Waals surface area contributed by atoms with Crippen molar-refractivity contribution < 1.29 is 20.4 Å². The van der Waals surface area contributed by atoms with Gasteiger partial charge in [-0.15, -0.1) is 0 Å². The molecule has 62 valence electrons. The highest BCUT2D eigenvalue weighted by Crippen LogP contribution is 2.19. The zero-order chi connectivity index (χ0) is 8.41. The molecule has 4 heteroatoms. The van der Waals surface area contributed by atoms with Gasteiger partial charge in [0.2, 0.25) is 0 Å². The van der Waals surface area contributed by atoms with Crippen LogP contribution in [0.4, 0.5) is 0 Å². The molecular weight excluding hydrogens is 136 g/mol. The van der Waals surface area contributed by atoms with Gasteiger partial charge in [-0.25, -0.2) is 0 Å². The van der Waals surface area contributed by atoms with E-state index in [9.17, 15) is 10.2 Å². The average Bonchev–Trinajstić information content (AvgIpc) is 1.88. The van der Waals surface area contributed by atoms with Gasteiger partial charge in [-0.05, 0) is 13.8 Å². The molecule has 0 saturated heterocycles. The van der Waals surface area contributed by atoms with Crippen LogP contribution >= 0.6 is 0 Å². The Kier molecular flexibility index (Phi) is 2.79. The molecule has 0 fully saturated rings. The second-order valence-corrected chi connectivity index (χ2v) is 2.86. The summed E-state index contributed by atoms with van der Waals surface area (Å²) in [5, 5.41) is 35.5. The van der Waals surface area contributed by atoms with Crippen molar-refractivity contribution in [3.05, 3.63) is 0 Å². The van der Waals surface area contributed by atoms with Gasteiger partial charge in [0.25, 0.3) is 0 Å². The van der Waals surface area contributed by atoms with Crippen molar-refractivity contribution in [1.29, 1.82) is 0 Å². The molecule has 4 nitrogen and oxygen atoms in total. The number of aliphatic hydroxyl groups is 4. The summed E-state index contributed by atoms with van der Waals surface area (Å²) in [6.45, 7) is 1.34.